The zero-order valence-electron chi connectivity index (χ0n) is 11.9. The average molecular weight is 289 g/mol. The van der Waals surface area contributed by atoms with Crippen LogP contribution in [0.2, 0.25) is 0 Å². The van der Waals surface area contributed by atoms with Crippen molar-refractivity contribution in [2.75, 3.05) is 32.7 Å². The molecular formula is C13H27N3O2S. The molecule has 5 nitrogen and oxygen atoms in total. The number of piperazine rings is 1. The van der Waals surface area contributed by atoms with Crippen molar-refractivity contribution in [3.63, 3.8) is 0 Å². The van der Waals surface area contributed by atoms with Crippen molar-refractivity contribution in [3.8, 4) is 0 Å². The van der Waals surface area contributed by atoms with Gasteiger partial charge in [0.1, 0.15) is 0 Å². The molecule has 19 heavy (non-hydrogen) atoms. The Bertz CT molecular complexity index is 358. The molecule has 2 aliphatic rings. The third-order valence-corrected chi connectivity index (χ3v) is 6.09. The largest absolute Gasteiger partial charge is 0.314 e. The van der Waals surface area contributed by atoms with E-state index in [2.05, 4.69) is 17.0 Å². The van der Waals surface area contributed by atoms with Crippen molar-refractivity contribution < 1.29 is 8.42 Å². The van der Waals surface area contributed by atoms with E-state index in [1.165, 1.54) is 32.1 Å². The van der Waals surface area contributed by atoms with Crippen molar-refractivity contribution >= 4 is 10.2 Å². The molecule has 0 unspecified atom stereocenters. The van der Waals surface area contributed by atoms with Crippen LogP contribution in [0.25, 0.3) is 0 Å². The number of hydrogen-bond donors (Lipinski definition) is 2. The van der Waals surface area contributed by atoms with Gasteiger partial charge in [0, 0.05) is 32.7 Å². The van der Waals surface area contributed by atoms with Crippen molar-refractivity contribution in [3.05, 3.63) is 0 Å². The Morgan fingerprint density at radius 3 is 2.26 bits per heavy atom. The molecular weight excluding hydrogens is 262 g/mol. The molecule has 0 atom stereocenters. The van der Waals surface area contributed by atoms with Crippen LogP contribution in [-0.2, 0) is 10.2 Å². The van der Waals surface area contributed by atoms with Gasteiger partial charge in [-0.15, -0.1) is 0 Å². The smallest absolute Gasteiger partial charge is 0.279 e. The van der Waals surface area contributed by atoms with Gasteiger partial charge < -0.3 is 5.32 Å². The summed E-state index contributed by atoms with van der Waals surface area (Å²) < 4.78 is 28.6. The molecule has 0 aromatic heterocycles. The highest BCUT2D eigenvalue weighted by Crippen LogP contribution is 2.30. The second-order valence-electron chi connectivity index (χ2n) is 5.80. The number of nitrogens with zero attached hydrogens (tertiary/aromatic N) is 1. The Labute approximate surface area is 117 Å². The molecule has 0 aromatic carbocycles. The van der Waals surface area contributed by atoms with Crippen LogP contribution in [0.1, 0.15) is 39.0 Å². The Kier molecular flexibility index (Phi) is 5.62. The van der Waals surface area contributed by atoms with Gasteiger partial charge in [-0.25, -0.2) is 4.72 Å². The van der Waals surface area contributed by atoms with Crippen LogP contribution in [-0.4, -0.2) is 45.4 Å². The van der Waals surface area contributed by atoms with Gasteiger partial charge in [-0.1, -0.05) is 26.2 Å². The third kappa shape index (κ3) is 4.41. The van der Waals surface area contributed by atoms with E-state index >= 15 is 0 Å². The van der Waals surface area contributed by atoms with Gasteiger partial charge >= 0.3 is 0 Å². The molecule has 1 heterocycles. The van der Waals surface area contributed by atoms with Crippen molar-refractivity contribution in [1.82, 2.24) is 14.3 Å². The summed E-state index contributed by atoms with van der Waals surface area (Å²) in [6, 6.07) is 0. The molecule has 2 rings (SSSR count). The van der Waals surface area contributed by atoms with Gasteiger partial charge in [0.2, 0.25) is 0 Å². The van der Waals surface area contributed by atoms with Gasteiger partial charge in [-0.05, 0) is 24.7 Å². The lowest BCUT2D eigenvalue weighted by Crippen LogP contribution is -2.51. The molecule has 6 heteroatoms. The van der Waals surface area contributed by atoms with Crippen LogP contribution in [0.5, 0.6) is 0 Å². The highest BCUT2D eigenvalue weighted by molar-refractivity contribution is 7.87. The summed E-state index contributed by atoms with van der Waals surface area (Å²) in [5.41, 5.74) is 0. The maximum Gasteiger partial charge on any atom is 0.279 e. The maximum atomic E-state index is 12.1. The van der Waals surface area contributed by atoms with Crippen LogP contribution in [0, 0.1) is 11.8 Å². The zero-order valence-corrected chi connectivity index (χ0v) is 12.7. The standard InChI is InChI=1S/C13H27N3O2S/c1-2-12-3-5-13(6-4-12)11-15-19(17,18)16-9-7-14-8-10-16/h12-15H,2-11H2,1H3. The predicted molar refractivity (Wildman–Crippen MR) is 77.1 cm³/mol. The Balaban J connectivity index is 1.75. The quantitative estimate of drug-likeness (QED) is 0.792. The van der Waals surface area contributed by atoms with E-state index in [1.54, 1.807) is 4.31 Å². The molecule has 0 radical (unpaired) electrons. The molecule has 2 N–H and O–H groups in total. The SMILES string of the molecule is CCC1CCC(CNS(=O)(=O)N2CCNCC2)CC1. The fraction of sp³-hybridized carbons (Fsp3) is 1.00. The summed E-state index contributed by atoms with van der Waals surface area (Å²) in [5, 5.41) is 3.17. The lowest BCUT2D eigenvalue weighted by molar-refractivity contribution is 0.267. The van der Waals surface area contributed by atoms with Crippen LogP contribution in [0.15, 0.2) is 0 Å². The highest BCUT2D eigenvalue weighted by atomic mass is 32.2. The first-order valence-corrected chi connectivity index (χ1v) is 9.01. The zero-order chi connectivity index (χ0) is 13.7. The molecule has 112 valence electrons. The fourth-order valence-electron chi connectivity index (χ4n) is 3.04. The third-order valence-electron chi connectivity index (χ3n) is 4.51. The first-order valence-electron chi connectivity index (χ1n) is 7.57. The maximum absolute atomic E-state index is 12.1. The summed E-state index contributed by atoms with van der Waals surface area (Å²) in [6.45, 7) is 5.53. The lowest BCUT2D eigenvalue weighted by atomic mass is 9.81. The van der Waals surface area contributed by atoms with Gasteiger partial charge in [0.15, 0.2) is 0 Å². The Hall–Kier alpha value is -0.170. The van der Waals surface area contributed by atoms with E-state index in [4.69, 9.17) is 0 Å². The first kappa shape index (κ1) is 15.2. The summed E-state index contributed by atoms with van der Waals surface area (Å²) in [7, 11) is -3.26. The topological polar surface area (TPSA) is 61.4 Å². The van der Waals surface area contributed by atoms with Crippen LogP contribution in [0.4, 0.5) is 0 Å². The van der Waals surface area contributed by atoms with Crippen molar-refractivity contribution in [1.29, 1.82) is 0 Å². The minimum absolute atomic E-state index is 0.528. The molecule has 1 saturated heterocycles. The van der Waals surface area contributed by atoms with E-state index in [0.29, 0.717) is 25.6 Å². The lowest BCUT2D eigenvalue weighted by Gasteiger charge is -2.30. The van der Waals surface area contributed by atoms with Gasteiger partial charge in [-0.3, -0.25) is 0 Å². The van der Waals surface area contributed by atoms with E-state index in [-0.39, 0.29) is 0 Å². The van der Waals surface area contributed by atoms with Gasteiger partial charge in [0.25, 0.3) is 10.2 Å². The molecule has 0 aromatic rings. The summed E-state index contributed by atoms with van der Waals surface area (Å²) in [6.07, 6.45) is 6.12. The molecule has 2 fully saturated rings. The Morgan fingerprint density at radius 1 is 1.11 bits per heavy atom. The van der Waals surface area contributed by atoms with E-state index in [1.807, 2.05) is 0 Å². The van der Waals surface area contributed by atoms with Gasteiger partial charge in [0.05, 0.1) is 0 Å². The Morgan fingerprint density at radius 2 is 1.68 bits per heavy atom. The van der Waals surface area contributed by atoms with Crippen LogP contribution < -0.4 is 10.0 Å². The van der Waals surface area contributed by atoms with Crippen LogP contribution >= 0.6 is 0 Å². The van der Waals surface area contributed by atoms with Crippen LogP contribution in [0.3, 0.4) is 0 Å². The molecule has 1 aliphatic carbocycles. The normalized spacial score (nSPS) is 30.4. The molecule has 1 saturated carbocycles. The molecule has 1 aliphatic heterocycles. The molecule has 0 spiro atoms. The van der Waals surface area contributed by atoms with Crippen molar-refractivity contribution in [2.45, 2.75) is 39.0 Å². The highest BCUT2D eigenvalue weighted by Gasteiger charge is 2.26. The fourth-order valence-corrected chi connectivity index (χ4v) is 4.34. The molecule has 0 bridgehead atoms. The average Bonchev–Trinajstić information content (AvgIpc) is 2.47. The minimum atomic E-state index is -3.26. The predicted octanol–water partition coefficient (Wildman–Crippen LogP) is 0.942. The summed E-state index contributed by atoms with van der Waals surface area (Å²) in [4.78, 5) is 0. The number of rotatable bonds is 5. The van der Waals surface area contributed by atoms with E-state index in [9.17, 15) is 8.42 Å². The first-order chi connectivity index (χ1) is 9.12. The monoisotopic (exact) mass is 289 g/mol. The number of hydrogen-bond acceptors (Lipinski definition) is 3. The summed E-state index contributed by atoms with van der Waals surface area (Å²) >= 11 is 0. The molecule has 0 amide bonds. The van der Waals surface area contributed by atoms with Crippen molar-refractivity contribution in [2.24, 2.45) is 11.8 Å². The summed E-state index contributed by atoms with van der Waals surface area (Å²) in [5.74, 6) is 1.39. The number of nitrogens with one attached hydrogen (secondary N) is 2. The minimum Gasteiger partial charge on any atom is -0.314 e. The van der Waals surface area contributed by atoms with E-state index < -0.39 is 10.2 Å². The second-order valence-corrected chi connectivity index (χ2v) is 7.55. The second kappa shape index (κ2) is 7.02. The van der Waals surface area contributed by atoms with E-state index in [0.717, 1.165) is 19.0 Å². The van der Waals surface area contributed by atoms with Gasteiger partial charge in [-0.2, -0.15) is 12.7 Å².